The van der Waals surface area contributed by atoms with Gasteiger partial charge in [-0.1, -0.05) is 6.58 Å². The van der Waals surface area contributed by atoms with Crippen LogP contribution in [0.15, 0.2) is 17.7 Å². The number of nitrogens with zero attached hydrogens (tertiary/aromatic N) is 1. The number of aromatic nitrogens is 2. The molecule has 1 rings (SSSR count). The maximum Gasteiger partial charge on any atom is 0.260 e. The minimum absolute atomic E-state index is 0.238. The van der Waals surface area contributed by atoms with E-state index in [2.05, 4.69) is 16.5 Å². The van der Waals surface area contributed by atoms with Crippen molar-refractivity contribution in [3.8, 4) is 0 Å². The lowest BCUT2D eigenvalue weighted by Gasteiger charge is -1.94. The molecule has 0 aromatic carbocycles. The molecule has 0 radical (unpaired) electrons. The van der Waals surface area contributed by atoms with Gasteiger partial charge in [0.25, 0.3) is 5.56 Å². The van der Waals surface area contributed by atoms with Gasteiger partial charge in [-0.15, -0.1) is 0 Å². The van der Waals surface area contributed by atoms with Crippen molar-refractivity contribution in [3.63, 3.8) is 0 Å². The Bertz CT molecular complexity index is 340. The Hall–Kier alpha value is -1.71. The second-order valence-corrected chi connectivity index (χ2v) is 1.88. The van der Waals surface area contributed by atoms with Crippen LogP contribution in [0.2, 0.25) is 0 Å². The first-order chi connectivity index (χ1) is 5.29. The van der Waals surface area contributed by atoms with Gasteiger partial charge in [-0.25, -0.2) is 4.98 Å². The molecule has 4 nitrogen and oxygen atoms in total. The molecule has 0 fully saturated rings. The predicted molar refractivity (Wildman–Crippen MR) is 42.8 cm³/mol. The molecule has 0 saturated carbocycles. The van der Waals surface area contributed by atoms with Crippen molar-refractivity contribution in [2.75, 3.05) is 0 Å². The van der Waals surface area contributed by atoms with Gasteiger partial charge >= 0.3 is 0 Å². The Morgan fingerprint density at radius 1 is 1.73 bits per heavy atom. The van der Waals surface area contributed by atoms with E-state index in [0.717, 1.165) is 6.21 Å². The van der Waals surface area contributed by atoms with Crippen LogP contribution < -0.4 is 5.56 Å². The summed E-state index contributed by atoms with van der Waals surface area (Å²) in [6, 6.07) is 0. The fourth-order valence-corrected chi connectivity index (χ4v) is 0.726. The summed E-state index contributed by atoms with van der Waals surface area (Å²) in [5.41, 5.74) is 0.358. The molecule has 1 heterocycles. The Balaban J connectivity index is 3.47. The third-order valence-corrected chi connectivity index (χ3v) is 1.26. The van der Waals surface area contributed by atoms with Gasteiger partial charge in [0, 0.05) is 6.21 Å². The van der Waals surface area contributed by atoms with Crippen molar-refractivity contribution in [1.29, 1.82) is 5.41 Å². The highest BCUT2D eigenvalue weighted by molar-refractivity contribution is 5.81. The van der Waals surface area contributed by atoms with Gasteiger partial charge in [-0.05, 0) is 6.08 Å². The first kappa shape index (κ1) is 7.40. The fraction of sp³-hybridized carbons (Fsp3) is 0. The molecule has 0 atom stereocenters. The minimum atomic E-state index is -0.315. The van der Waals surface area contributed by atoms with Crippen LogP contribution in [0.4, 0.5) is 0 Å². The van der Waals surface area contributed by atoms with Gasteiger partial charge in [0.2, 0.25) is 0 Å². The van der Waals surface area contributed by atoms with E-state index >= 15 is 0 Å². The Kier molecular flexibility index (Phi) is 1.96. The molecule has 0 aliphatic rings. The van der Waals surface area contributed by atoms with E-state index in [1.54, 1.807) is 0 Å². The van der Waals surface area contributed by atoms with Crippen LogP contribution in [-0.2, 0) is 0 Å². The topological polar surface area (TPSA) is 69.6 Å². The van der Waals surface area contributed by atoms with Gasteiger partial charge in [0.15, 0.2) is 0 Å². The zero-order chi connectivity index (χ0) is 8.27. The summed E-state index contributed by atoms with van der Waals surface area (Å²) >= 11 is 0. The summed E-state index contributed by atoms with van der Waals surface area (Å²) in [6.07, 6.45) is 3.69. The quantitative estimate of drug-likeness (QED) is 0.598. The molecule has 1 aromatic heterocycles. The molecule has 1 aromatic rings. The molecule has 0 unspecified atom stereocenters. The van der Waals surface area contributed by atoms with Crippen LogP contribution in [0.5, 0.6) is 0 Å². The highest BCUT2D eigenvalue weighted by Gasteiger charge is 2.00. The van der Waals surface area contributed by atoms with Gasteiger partial charge in [0.1, 0.15) is 0 Å². The number of nitrogens with one attached hydrogen (secondary N) is 2. The third kappa shape index (κ3) is 1.24. The smallest absolute Gasteiger partial charge is 0.260 e. The predicted octanol–water partition coefficient (Wildman–Crippen LogP) is 0.411. The van der Waals surface area contributed by atoms with Crippen LogP contribution in [-0.4, -0.2) is 16.2 Å². The van der Waals surface area contributed by atoms with Gasteiger partial charge in [-0.2, -0.15) is 0 Å². The molecular formula is C7H7N3O. The number of rotatable bonds is 2. The maximum atomic E-state index is 10.9. The van der Waals surface area contributed by atoms with E-state index in [9.17, 15) is 4.79 Å². The maximum absolute atomic E-state index is 10.9. The van der Waals surface area contributed by atoms with E-state index in [0.29, 0.717) is 5.69 Å². The average molecular weight is 149 g/mol. The Morgan fingerprint density at radius 3 is 2.91 bits per heavy atom. The first-order valence-corrected chi connectivity index (χ1v) is 3.00. The van der Waals surface area contributed by atoms with E-state index in [1.807, 2.05) is 0 Å². The second kappa shape index (κ2) is 2.92. The van der Waals surface area contributed by atoms with Crippen LogP contribution in [0, 0.1) is 5.41 Å². The molecule has 0 saturated heterocycles. The highest BCUT2D eigenvalue weighted by atomic mass is 16.1. The SMILES string of the molecule is C=Cc1nc[nH]c(=O)c1C=N. The highest BCUT2D eigenvalue weighted by Crippen LogP contribution is 1.95. The lowest BCUT2D eigenvalue weighted by molar-refractivity contribution is 1.09. The van der Waals surface area contributed by atoms with Crippen LogP contribution in [0.25, 0.3) is 6.08 Å². The summed E-state index contributed by atoms with van der Waals surface area (Å²) in [5, 5.41) is 6.90. The van der Waals surface area contributed by atoms with Crippen molar-refractivity contribution < 1.29 is 0 Å². The van der Waals surface area contributed by atoms with E-state index in [-0.39, 0.29) is 11.1 Å². The van der Waals surface area contributed by atoms with E-state index < -0.39 is 0 Å². The number of hydrogen-bond donors (Lipinski definition) is 2. The van der Waals surface area contributed by atoms with Crippen LogP contribution in [0.1, 0.15) is 11.3 Å². The van der Waals surface area contributed by atoms with Crippen LogP contribution >= 0.6 is 0 Å². The lowest BCUT2D eigenvalue weighted by atomic mass is 10.2. The molecule has 0 aliphatic carbocycles. The molecule has 0 aliphatic heterocycles. The van der Waals surface area contributed by atoms with Crippen LogP contribution in [0.3, 0.4) is 0 Å². The molecular weight excluding hydrogens is 142 g/mol. The average Bonchev–Trinajstić information content (AvgIpc) is 2.04. The Morgan fingerprint density at radius 2 is 2.45 bits per heavy atom. The summed E-state index contributed by atoms with van der Waals surface area (Å²) in [6.45, 7) is 3.46. The summed E-state index contributed by atoms with van der Waals surface area (Å²) in [4.78, 5) is 17.1. The fourth-order valence-electron chi connectivity index (χ4n) is 0.726. The van der Waals surface area contributed by atoms with Crippen molar-refractivity contribution in [3.05, 3.63) is 34.5 Å². The minimum Gasteiger partial charge on any atom is -0.313 e. The molecule has 2 N–H and O–H groups in total. The molecule has 56 valence electrons. The van der Waals surface area contributed by atoms with Crippen molar-refractivity contribution in [2.24, 2.45) is 0 Å². The summed E-state index contributed by atoms with van der Waals surface area (Å²) in [5.74, 6) is 0. The normalized spacial score (nSPS) is 9.09. The number of aromatic amines is 1. The summed E-state index contributed by atoms with van der Waals surface area (Å²) < 4.78 is 0. The molecule has 0 amide bonds. The van der Waals surface area contributed by atoms with Gasteiger partial charge in [-0.3, -0.25) is 4.79 Å². The monoisotopic (exact) mass is 149 g/mol. The standard InChI is InChI=1S/C7H7N3O/c1-2-6-5(3-8)7(11)10-4-9-6/h2-4,8H,1H2,(H,9,10,11). The van der Waals surface area contributed by atoms with Crippen molar-refractivity contribution >= 4 is 12.3 Å². The zero-order valence-electron chi connectivity index (χ0n) is 5.79. The van der Waals surface area contributed by atoms with Crippen molar-refractivity contribution in [1.82, 2.24) is 9.97 Å². The van der Waals surface area contributed by atoms with Gasteiger partial charge < -0.3 is 10.4 Å². The largest absolute Gasteiger partial charge is 0.313 e. The lowest BCUT2D eigenvalue weighted by Crippen LogP contribution is -2.14. The second-order valence-electron chi connectivity index (χ2n) is 1.88. The summed E-state index contributed by atoms with van der Waals surface area (Å²) in [7, 11) is 0. The Labute approximate surface area is 63.1 Å². The molecule has 11 heavy (non-hydrogen) atoms. The first-order valence-electron chi connectivity index (χ1n) is 3.00. The molecule has 4 heteroatoms. The third-order valence-electron chi connectivity index (χ3n) is 1.26. The molecule has 0 spiro atoms. The van der Waals surface area contributed by atoms with Crippen molar-refractivity contribution in [2.45, 2.75) is 0 Å². The molecule has 0 bridgehead atoms. The van der Waals surface area contributed by atoms with E-state index in [1.165, 1.54) is 12.4 Å². The number of hydrogen-bond acceptors (Lipinski definition) is 3. The van der Waals surface area contributed by atoms with E-state index in [4.69, 9.17) is 5.41 Å². The van der Waals surface area contributed by atoms with Gasteiger partial charge in [0.05, 0.1) is 17.6 Å². The zero-order valence-corrected chi connectivity index (χ0v) is 5.79. The number of H-pyrrole nitrogens is 1.